The highest BCUT2D eigenvalue weighted by atomic mass is 32.2. The number of sulfone groups is 1. The lowest BCUT2D eigenvalue weighted by Crippen LogP contribution is -2.56. The fourth-order valence-corrected chi connectivity index (χ4v) is 5.89. The molecule has 2 aliphatic rings. The van der Waals surface area contributed by atoms with E-state index in [9.17, 15) is 26.7 Å². The molecule has 2 saturated heterocycles. The fourth-order valence-electron chi connectivity index (χ4n) is 4.95. The Morgan fingerprint density at radius 1 is 1.16 bits per heavy atom. The zero-order valence-electron chi connectivity index (χ0n) is 19.0. The van der Waals surface area contributed by atoms with Gasteiger partial charge in [0.25, 0.3) is 0 Å². The molecule has 1 N–H and O–H groups in total. The molecule has 0 aromatic heterocycles. The van der Waals surface area contributed by atoms with Crippen LogP contribution in [0.15, 0.2) is 23.1 Å². The molecule has 2 aliphatic heterocycles. The molecule has 0 unspecified atom stereocenters. The van der Waals surface area contributed by atoms with Gasteiger partial charge in [0.2, 0.25) is 0 Å². The van der Waals surface area contributed by atoms with Crippen molar-refractivity contribution in [3.8, 4) is 0 Å². The number of anilines is 1. The van der Waals surface area contributed by atoms with Gasteiger partial charge in [-0.3, -0.25) is 9.80 Å². The van der Waals surface area contributed by atoms with E-state index in [4.69, 9.17) is 0 Å². The van der Waals surface area contributed by atoms with Gasteiger partial charge in [0, 0.05) is 50.7 Å². The molecular weight excluding hydrogens is 443 g/mol. The zero-order valence-corrected chi connectivity index (χ0v) is 19.8. The van der Waals surface area contributed by atoms with Gasteiger partial charge in [0.1, 0.15) is 0 Å². The summed E-state index contributed by atoms with van der Waals surface area (Å²) in [6.07, 6.45) is -2.23. The van der Waals surface area contributed by atoms with Crippen LogP contribution in [0.3, 0.4) is 0 Å². The Hall–Kier alpha value is -1.36. The lowest BCUT2D eigenvalue weighted by molar-refractivity contribution is -0.143. The monoisotopic (exact) mass is 477 g/mol. The number of piperazine rings is 1. The van der Waals surface area contributed by atoms with Crippen LogP contribution >= 0.6 is 0 Å². The van der Waals surface area contributed by atoms with Crippen LogP contribution < -0.4 is 4.90 Å². The number of likely N-dealkylation sites (tertiary alicyclic amines) is 1. The maximum atomic E-state index is 12.7. The first-order valence-corrected chi connectivity index (χ1v) is 13.0. The van der Waals surface area contributed by atoms with Crippen LogP contribution in [0.4, 0.5) is 18.9 Å². The van der Waals surface area contributed by atoms with Crippen LogP contribution in [0.2, 0.25) is 0 Å². The van der Waals surface area contributed by atoms with Crippen molar-refractivity contribution in [1.82, 2.24) is 9.80 Å². The van der Waals surface area contributed by atoms with E-state index in [0.717, 1.165) is 38.0 Å². The van der Waals surface area contributed by atoms with Gasteiger partial charge in [-0.2, -0.15) is 13.2 Å². The summed E-state index contributed by atoms with van der Waals surface area (Å²) in [5.41, 5.74) is 1.20. The molecule has 0 bridgehead atoms. The van der Waals surface area contributed by atoms with Crippen LogP contribution in [0.1, 0.15) is 25.8 Å². The summed E-state index contributed by atoms with van der Waals surface area (Å²) in [5, 5.41) is 9.50. The van der Waals surface area contributed by atoms with E-state index in [1.807, 2.05) is 6.07 Å². The molecule has 3 rings (SSSR count). The maximum absolute atomic E-state index is 12.7. The van der Waals surface area contributed by atoms with E-state index in [0.29, 0.717) is 31.1 Å². The molecule has 1 aromatic rings. The average molecular weight is 478 g/mol. The van der Waals surface area contributed by atoms with Crippen LogP contribution in [0, 0.1) is 11.8 Å². The zero-order chi connectivity index (χ0) is 23.7. The van der Waals surface area contributed by atoms with Gasteiger partial charge in [0.15, 0.2) is 9.84 Å². The molecule has 0 amide bonds. The van der Waals surface area contributed by atoms with E-state index in [-0.39, 0.29) is 23.5 Å². The number of aliphatic hydroxyl groups excluding tert-OH is 1. The third-order valence-electron chi connectivity index (χ3n) is 6.55. The first-order chi connectivity index (χ1) is 14.9. The smallest absolute Gasteiger partial charge is 0.392 e. The Balaban J connectivity index is 1.68. The van der Waals surface area contributed by atoms with Gasteiger partial charge in [-0.25, -0.2) is 8.42 Å². The van der Waals surface area contributed by atoms with Crippen molar-refractivity contribution in [3.05, 3.63) is 23.8 Å². The van der Waals surface area contributed by atoms with Gasteiger partial charge in [-0.1, -0.05) is 19.9 Å². The summed E-state index contributed by atoms with van der Waals surface area (Å²) in [7, 11) is -3.46. The lowest BCUT2D eigenvalue weighted by Gasteiger charge is -2.45. The molecule has 0 radical (unpaired) electrons. The molecule has 0 aliphatic carbocycles. The first kappa shape index (κ1) is 25.3. The van der Waals surface area contributed by atoms with Crippen molar-refractivity contribution in [1.29, 1.82) is 0 Å². The van der Waals surface area contributed by atoms with Gasteiger partial charge in [-0.05, 0) is 42.5 Å². The second kappa shape index (κ2) is 9.87. The Kier molecular flexibility index (Phi) is 7.79. The summed E-state index contributed by atoms with van der Waals surface area (Å²) in [5.74, 6) is 0.572. The van der Waals surface area contributed by atoms with Crippen LogP contribution in [-0.2, 0) is 16.4 Å². The van der Waals surface area contributed by atoms with E-state index < -0.39 is 22.6 Å². The topological polar surface area (TPSA) is 64.1 Å². The third kappa shape index (κ3) is 6.36. The first-order valence-electron chi connectivity index (χ1n) is 11.1. The van der Waals surface area contributed by atoms with Crippen molar-refractivity contribution < 1.29 is 26.7 Å². The Bertz CT molecular complexity index is 892. The van der Waals surface area contributed by atoms with Crippen molar-refractivity contribution >= 4 is 15.5 Å². The minimum Gasteiger partial charge on any atom is -0.392 e. The van der Waals surface area contributed by atoms with Crippen molar-refractivity contribution in [2.75, 3.05) is 57.0 Å². The predicted octanol–water partition coefficient (Wildman–Crippen LogP) is 2.61. The van der Waals surface area contributed by atoms with E-state index >= 15 is 0 Å². The highest BCUT2D eigenvalue weighted by Gasteiger charge is 2.37. The summed E-state index contributed by atoms with van der Waals surface area (Å²) in [4.78, 5) is 6.21. The molecular formula is C22H34F3N3O3S. The number of nitrogens with zero attached hydrogens (tertiary/aromatic N) is 3. The third-order valence-corrected chi connectivity index (χ3v) is 7.73. The van der Waals surface area contributed by atoms with Gasteiger partial charge in [0.05, 0.1) is 18.0 Å². The second-order valence-corrected chi connectivity index (χ2v) is 11.5. The Morgan fingerprint density at radius 3 is 2.47 bits per heavy atom. The normalized spacial score (nSPS) is 23.9. The molecule has 182 valence electrons. The molecule has 2 atom stereocenters. The van der Waals surface area contributed by atoms with E-state index in [1.54, 1.807) is 12.1 Å². The van der Waals surface area contributed by atoms with E-state index in [1.165, 1.54) is 4.90 Å². The van der Waals surface area contributed by atoms with Crippen LogP contribution in [0.5, 0.6) is 0 Å². The number of benzene rings is 1. The Morgan fingerprint density at radius 2 is 1.88 bits per heavy atom. The standard InChI is InChI=1S/C22H34F3N3O3S/c1-16(2)20-13-27(19-5-4-18(14-29)21(10-19)32(3,30)31)8-9-28(20)12-17-6-7-26(11-17)15-22(23,24)25/h4-5,10,16-17,20,29H,6-9,11-15H2,1-3H3/t17-,20+/m0/s1. The number of halogens is 3. The summed E-state index contributed by atoms with van der Waals surface area (Å²) in [6.45, 7) is 7.06. The summed E-state index contributed by atoms with van der Waals surface area (Å²) >= 11 is 0. The minimum absolute atomic E-state index is 0.150. The number of hydrogen-bond acceptors (Lipinski definition) is 6. The number of aliphatic hydroxyl groups is 1. The molecule has 0 spiro atoms. The molecule has 2 fully saturated rings. The maximum Gasteiger partial charge on any atom is 0.401 e. The largest absolute Gasteiger partial charge is 0.401 e. The average Bonchev–Trinajstić information content (AvgIpc) is 3.11. The van der Waals surface area contributed by atoms with Gasteiger partial charge >= 0.3 is 6.18 Å². The number of alkyl halides is 3. The quantitative estimate of drug-likeness (QED) is 0.652. The molecule has 32 heavy (non-hydrogen) atoms. The number of rotatable bonds is 7. The van der Waals surface area contributed by atoms with Gasteiger partial charge in [-0.15, -0.1) is 0 Å². The lowest BCUT2D eigenvalue weighted by atomic mass is 9.97. The van der Waals surface area contributed by atoms with Crippen LogP contribution in [0.25, 0.3) is 0 Å². The van der Waals surface area contributed by atoms with Crippen molar-refractivity contribution in [2.24, 2.45) is 11.8 Å². The minimum atomic E-state index is -4.16. The number of hydrogen-bond donors (Lipinski definition) is 1. The fraction of sp³-hybridized carbons (Fsp3) is 0.727. The SMILES string of the molecule is CC(C)[C@H]1CN(c2ccc(CO)c(S(C)(=O)=O)c2)CCN1C[C@H]1CCN(CC(F)(F)F)C1. The molecule has 6 nitrogen and oxygen atoms in total. The molecule has 1 aromatic carbocycles. The summed E-state index contributed by atoms with van der Waals surface area (Å²) < 4.78 is 62.5. The van der Waals surface area contributed by atoms with Crippen molar-refractivity contribution in [3.63, 3.8) is 0 Å². The molecule has 2 heterocycles. The predicted molar refractivity (Wildman–Crippen MR) is 118 cm³/mol. The van der Waals surface area contributed by atoms with Crippen LogP contribution in [-0.4, -0.2) is 87.6 Å². The molecule has 0 saturated carbocycles. The molecule has 10 heteroatoms. The van der Waals surface area contributed by atoms with Crippen molar-refractivity contribution in [2.45, 2.75) is 44.0 Å². The summed E-state index contributed by atoms with van der Waals surface area (Å²) in [6, 6.07) is 5.37. The second-order valence-electron chi connectivity index (χ2n) is 9.48. The van der Waals surface area contributed by atoms with E-state index in [2.05, 4.69) is 23.6 Å². The van der Waals surface area contributed by atoms with Gasteiger partial charge < -0.3 is 10.0 Å². The Labute approximate surface area is 188 Å². The highest BCUT2D eigenvalue weighted by molar-refractivity contribution is 7.90. The highest BCUT2D eigenvalue weighted by Crippen LogP contribution is 2.29.